The standard InChI is InChI=1S/C22H16O6/c23-17-9-5-13-7-11-19(25)27-21(13)15(17)3-1-2-4-16-18(24)10-6-14-8-12-20(26)28-22(14)16/h1-2,5-12,23-24H,3-4H2/b2-1+. The van der Waals surface area contributed by atoms with Crippen molar-refractivity contribution in [2.45, 2.75) is 12.8 Å². The monoisotopic (exact) mass is 376 g/mol. The van der Waals surface area contributed by atoms with Crippen LogP contribution in [0.2, 0.25) is 0 Å². The smallest absolute Gasteiger partial charge is 0.336 e. The van der Waals surface area contributed by atoms with E-state index in [0.29, 0.717) is 45.9 Å². The Hall–Kier alpha value is -3.80. The quantitative estimate of drug-likeness (QED) is 0.416. The van der Waals surface area contributed by atoms with Gasteiger partial charge in [0.25, 0.3) is 0 Å². The molecular weight excluding hydrogens is 360 g/mol. The number of allylic oxidation sites excluding steroid dienone is 2. The minimum atomic E-state index is -0.487. The molecule has 0 aliphatic rings. The molecule has 28 heavy (non-hydrogen) atoms. The van der Waals surface area contributed by atoms with Gasteiger partial charge in [0, 0.05) is 34.0 Å². The van der Waals surface area contributed by atoms with E-state index in [1.807, 2.05) is 0 Å². The zero-order valence-corrected chi connectivity index (χ0v) is 14.7. The summed E-state index contributed by atoms with van der Waals surface area (Å²) in [7, 11) is 0. The maximum Gasteiger partial charge on any atom is 0.336 e. The molecule has 0 aliphatic carbocycles. The van der Waals surface area contributed by atoms with Gasteiger partial charge in [-0.15, -0.1) is 0 Å². The van der Waals surface area contributed by atoms with E-state index in [4.69, 9.17) is 8.83 Å². The molecule has 0 spiro atoms. The molecule has 0 amide bonds. The Bertz CT molecular complexity index is 1220. The number of aromatic hydroxyl groups is 2. The van der Waals surface area contributed by atoms with E-state index in [0.717, 1.165) is 0 Å². The fourth-order valence-corrected chi connectivity index (χ4v) is 3.16. The maximum atomic E-state index is 11.5. The lowest BCUT2D eigenvalue weighted by Crippen LogP contribution is -1.97. The van der Waals surface area contributed by atoms with E-state index in [1.165, 1.54) is 12.1 Å². The Morgan fingerprint density at radius 1 is 0.643 bits per heavy atom. The van der Waals surface area contributed by atoms with Crippen LogP contribution in [0.15, 0.2) is 79.1 Å². The molecule has 0 atom stereocenters. The lowest BCUT2D eigenvalue weighted by molar-refractivity contribution is 0.465. The molecular formula is C22H16O6. The number of phenols is 2. The molecule has 2 heterocycles. The van der Waals surface area contributed by atoms with E-state index in [-0.39, 0.29) is 11.5 Å². The summed E-state index contributed by atoms with van der Waals surface area (Å²) in [5.74, 6) is 0.0657. The number of hydrogen-bond donors (Lipinski definition) is 2. The van der Waals surface area contributed by atoms with Gasteiger partial charge < -0.3 is 19.0 Å². The van der Waals surface area contributed by atoms with Crippen molar-refractivity contribution < 1.29 is 19.0 Å². The van der Waals surface area contributed by atoms with E-state index >= 15 is 0 Å². The first-order valence-electron chi connectivity index (χ1n) is 8.67. The normalized spacial score (nSPS) is 11.6. The van der Waals surface area contributed by atoms with Gasteiger partial charge in [-0.3, -0.25) is 0 Å². The van der Waals surface area contributed by atoms with E-state index in [2.05, 4.69) is 0 Å². The summed E-state index contributed by atoms with van der Waals surface area (Å²) in [4.78, 5) is 23.0. The van der Waals surface area contributed by atoms with Gasteiger partial charge in [-0.05, 0) is 49.2 Å². The molecule has 0 saturated carbocycles. The van der Waals surface area contributed by atoms with Crippen LogP contribution in [-0.2, 0) is 12.8 Å². The zero-order valence-electron chi connectivity index (χ0n) is 14.7. The summed E-state index contributed by atoms with van der Waals surface area (Å²) in [5.41, 5.74) is 0.714. The first kappa shape index (κ1) is 17.6. The number of fused-ring (bicyclic) bond motifs is 2. The first-order chi connectivity index (χ1) is 13.5. The molecule has 4 rings (SSSR count). The Labute approximate surface area is 158 Å². The van der Waals surface area contributed by atoms with E-state index in [1.54, 1.807) is 48.6 Å². The van der Waals surface area contributed by atoms with Crippen molar-refractivity contribution in [2.75, 3.05) is 0 Å². The summed E-state index contributed by atoms with van der Waals surface area (Å²) < 4.78 is 10.5. The molecule has 2 N–H and O–H groups in total. The van der Waals surface area contributed by atoms with Crippen molar-refractivity contribution in [1.82, 2.24) is 0 Å². The van der Waals surface area contributed by atoms with Crippen LogP contribution in [0.3, 0.4) is 0 Å². The van der Waals surface area contributed by atoms with E-state index in [9.17, 15) is 19.8 Å². The predicted molar refractivity (Wildman–Crippen MR) is 105 cm³/mol. The highest BCUT2D eigenvalue weighted by molar-refractivity contribution is 5.83. The van der Waals surface area contributed by atoms with Crippen molar-refractivity contribution >= 4 is 21.9 Å². The third-order valence-electron chi connectivity index (χ3n) is 4.55. The number of benzene rings is 2. The maximum absolute atomic E-state index is 11.5. The fraction of sp³-hybridized carbons (Fsp3) is 0.0909. The minimum Gasteiger partial charge on any atom is -0.508 e. The van der Waals surface area contributed by atoms with Gasteiger partial charge >= 0.3 is 11.3 Å². The highest BCUT2D eigenvalue weighted by atomic mass is 16.4. The van der Waals surface area contributed by atoms with Gasteiger partial charge in [-0.1, -0.05) is 12.2 Å². The average Bonchev–Trinajstić information content (AvgIpc) is 2.68. The van der Waals surface area contributed by atoms with Gasteiger partial charge in [0.15, 0.2) is 0 Å². The molecule has 2 aromatic carbocycles. The highest BCUT2D eigenvalue weighted by Crippen LogP contribution is 2.28. The second kappa shape index (κ2) is 7.08. The van der Waals surface area contributed by atoms with E-state index < -0.39 is 11.3 Å². The molecule has 0 aliphatic heterocycles. The summed E-state index contributed by atoms with van der Waals surface area (Å²) in [6.45, 7) is 0. The Kier molecular flexibility index (Phi) is 4.45. The van der Waals surface area contributed by atoms with Crippen LogP contribution in [0.4, 0.5) is 0 Å². The largest absolute Gasteiger partial charge is 0.508 e. The average molecular weight is 376 g/mol. The number of rotatable bonds is 4. The van der Waals surface area contributed by atoms with Crippen molar-refractivity contribution in [3.63, 3.8) is 0 Å². The third-order valence-corrected chi connectivity index (χ3v) is 4.55. The highest BCUT2D eigenvalue weighted by Gasteiger charge is 2.10. The van der Waals surface area contributed by atoms with Crippen molar-refractivity contribution in [3.05, 3.63) is 92.7 Å². The van der Waals surface area contributed by atoms with Crippen molar-refractivity contribution in [3.8, 4) is 11.5 Å². The lowest BCUT2D eigenvalue weighted by Gasteiger charge is -2.06. The van der Waals surface area contributed by atoms with Crippen LogP contribution < -0.4 is 11.3 Å². The van der Waals surface area contributed by atoms with Gasteiger partial charge in [0.1, 0.15) is 22.7 Å². The second-order valence-electron chi connectivity index (χ2n) is 6.35. The lowest BCUT2D eigenvalue weighted by atomic mass is 10.0. The molecule has 0 bridgehead atoms. The molecule has 0 radical (unpaired) electrons. The predicted octanol–water partition coefficient (Wildman–Crippen LogP) is 3.65. The third kappa shape index (κ3) is 3.27. The molecule has 140 valence electrons. The van der Waals surface area contributed by atoms with Crippen LogP contribution in [0.5, 0.6) is 11.5 Å². The Morgan fingerprint density at radius 2 is 1.04 bits per heavy atom. The van der Waals surface area contributed by atoms with Crippen LogP contribution >= 0.6 is 0 Å². The van der Waals surface area contributed by atoms with Gasteiger partial charge in [-0.25, -0.2) is 9.59 Å². The molecule has 0 saturated heterocycles. The van der Waals surface area contributed by atoms with Gasteiger partial charge in [0.05, 0.1) is 0 Å². The summed E-state index contributed by atoms with van der Waals surface area (Å²) in [6.07, 6.45) is 4.23. The molecule has 6 nitrogen and oxygen atoms in total. The molecule has 0 unspecified atom stereocenters. The van der Waals surface area contributed by atoms with Crippen LogP contribution in [0.1, 0.15) is 11.1 Å². The van der Waals surface area contributed by atoms with Crippen molar-refractivity contribution in [2.24, 2.45) is 0 Å². The molecule has 2 aromatic heterocycles. The summed E-state index contributed by atoms with van der Waals surface area (Å²) in [6, 6.07) is 12.4. The second-order valence-corrected chi connectivity index (χ2v) is 6.35. The molecule has 4 aromatic rings. The van der Waals surface area contributed by atoms with Crippen LogP contribution in [-0.4, -0.2) is 10.2 Å². The van der Waals surface area contributed by atoms with Crippen LogP contribution in [0.25, 0.3) is 21.9 Å². The summed E-state index contributed by atoms with van der Waals surface area (Å²) in [5, 5.41) is 21.7. The number of phenolic OH excluding ortho intramolecular Hbond substituents is 2. The van der Waals surface area contributed by atoms with Crippen molar-refractivity contribution in [1.29, 1.82) is 0 Å². The fourth-order valence-electron chi connectivity index (χ4n) is 3.16. The number of hydrogen-bond acceptors (Lipinski definition) is 6. The van der Waals surface area contributed by atoms with Gasteiger partial charge in [-0.2, -0.15) is 0 Å². The summed E-state index contributed by atoms with van der Waals surface area (Å²) >= 11 is 0. The van der Waals surface area contributed by atoms with Crippen LogP contribution in [0, 0.1) is 0 Å². The Balaban J connectivity index is 1.64. The van der Waals surface area contributed by atoms with Gasteiger partial charge in [0.2, 0.25) is 0 Å². The topological polar surface area (TPSA) is 101 Å². The SMILES string of the molecule is O=c1ccc2ccc(O)c(C/C=C/Cc3c(O)ccc4ccc(=O)oc34)c2o1. The molecule has 6 heteroatoms. The first-order valence-corrected chi connectivity index (χ1v) is 8.67. The molecule has 0 fully saturated rings. The Morgan fingerprint density at radius 3 is 1.46 bits per heavy atom. The minimum absolute atomic E-state index is 0.0329. The zero-order chi connectivity index (χ0) is 19.7.